The maximum absolute atomic E-state index is 12.3. The second-order valence-electron chi connectivity index (χ2n) is 6.10. The number of likely N-dealkylation sites (tertiary alicyclic amines) is 1. The lowest BCUT2D eigenvalue weighted by Gasteiger charge is -2.36. The third kappa shape index (κ3) is 3.95. The van der Waals surface area contributed by atoms with E-state index in [1.54, 1.807) is 0 Å². The van der Waals surface area contributed by atoms with Crippen LogP contribution in [0.3, 0.4) is 0 Å². The lowest BCUT2D eigenvalue weighted by atomic mass is 9.97. The van der Waals surface area contributed by atoms with Gasteiger partial charge in [0.15, 0.2) is 0 Å². The van der Waals surface area contributed by atoms with Gasteiger partial charge in [-0.1, -0.05) is 6.07 Å². The number of amides is 1. The van der Waals surface area contributed by atoms with Gasteiger partial charge in [0.25, 0.3) is 0 Å². The van der Waals surface area contributed by atoms with Gasteiger partial charge in [-0.25, -0.2) is 9.78 Å². The number of carbonyl (C=O) groups excluding carboxylic acids is 1. The Bertz CT molecular complexity index is 468. The van der Waals surface area contributed by atoms with Gasteiger partial charge < -0.3 is 9.64 Å². The molecule has 1 aliphatic heterocycles. The minimum Gasteiger partial charge on any atom is -0.444 e. The molecule has 0 N–H and O–H groups in total. The number of piperidine rings is 1. The summed E-state index contributed by atoms with van der Waals surface area (Å²) in [7, 11) is 0. The summed E-state index contributed by atoms with van der Waals surface area (Å²) in [5, 5.41) is 0. The lowest BCUT2D eigenvalue weighted by molar-refractivity contribution is 0.00948. The molecule has 4 nitrogen and oxygen atoms in total. The second kappa shape index (κ2) is 6.12. The summed E-state index contributed by atoms with van der Waals surface area (Å²) in [6, 6.07) is 4.00. The number of ether oxygens (including phenoxy) is 1. The molecule has 110 valence electrons. The number of hydrogen-bond acceptors (Lipinski definition) is 3. The molecule has 1 aromatic rings. The number of rotatable bonds is 1. The lowest BCUT2D eigenvalue weighted by Crippen LogP contribution is -2.41. The van der Waals surface area contributed by atoms with Gasteiger partial charge in [-0.15, -0.1) is 0 Å². The minimum absolute atomic E-state index is 0.0687. The van der Waals surface area contributed by atoms with Gasteiger partial charge in [0.05, 0.1) is 6.04 Å². The predicted molar refractivity (Wildman–Crippen MR) is 81.5 cm³/mol. The van der Waals surface area contributed by atoms with E-state index in [2.05, 4.69) is 20.9 Å². The average Bonchev–Trinajstić information content (AvgIpc) is 2.38. The Balaban J connectivity index is 2.16. The highest BCUT2D eigenvalue weighted by molar-refractivity contribution is 9.10. The van der Waals surface area contributed by atoms with Crippen molar-refractivity contribution in [3.63, 3.8) is 0 Å². The van der Waals surface area contributed by atoms with Gasteiger partial charge in [0.2, 0.25) is 0 Å². The number of pyridine rings is 1. The molecule has 0 spiro atoms. The maximum atomic E-state index is 12.3. The van der Waals surface area contributed by atoms with Crippen LogP contribution in [-0.2, 0) is 4.74 Å². The Kier molecular flexibility index (Phi) is 4.68. The summed E-state index contributed by atoms with van der Waals surface area (Å²) >= 11 is 3.34. The van der Waals surface area contributed by atoms with Crippen molar-refractivity contribution >= 4 is 22.0 Å². The standard InChI is InChI=1S/C15H21BrN2O2/c1-15(2,3)20-14(19)18-9-5-4-6-12(18)11-7-8-13(16)17-10-11/h7-8,10,12H,4-6,9H2,1-3H3. The molecule has 0 radical (unpaired) electrons. The van der Waals surface area contributed by atoms with E-state index >= 15 is 0 Å². The van der Waals surface area contributed by atoms with E-state index in [1.165, 1.54) is 0 Å². The first kappa shape index (κ1) is 15.3. The molecule has 1 amide bonds. The van der Waals surface area contributed by atoms with Gasteiger partial charge in [0, 0.05) is 12.7 Å². The first-order valence-corrected chi connectivity index (χ1v) is 7.77. The fourth-order valence-corrected chi connectivity index (χ4v) is 2.64. The molecule has 2 heterocycles. The van der Waals surface area contributed by atoms with E-state index < -0.39 is 5.60 Å². The Morgan fingerprint density at radius 2 is 2.15 bits per heavy atom. The van der Waals surface area contributed by atoms with E-state index in [0.29, 0.717) is 0 Å². The Morgan fingerprint density at radius 3 is 2.75 bits per heavy atom. The van der Waals surface area contributed by atoms with Crippen LogP contribution in [0.1, 0.15) is 51.6 Å². The molecule has 20 heavy (non-hydrogen) atoms. The van der Waals surface area contributed by atoms with Crippen molar-refractivity contribution in [1.29, 1.82) is 0 Å². The largest absolute Gasteiger partial charge is 0.444 e. The zero-order chi connectivity index (χ0) is 14.8. The van der Waals surface area contributed by atoms with Gasteiger partial charge >= 0.3 is 6.09 Å². The van der Waals surface area contributed by atoms with Crippen molar-refractivity contribution in [3.05, 3.63) is 28.5 Å². The molecule has 1 fully saturated rings. The van der Waals surface area contributed by atoms with Crippen LogP contribution in [0.2, 0.25) is 0 Å². The summed E-state index contributed by atoms with van der Waals surface area (Å²) in [6.45, 7) is 6.43. The van der Waals surface area contributed by atoms with Crippen molar-refractivity contribution in [2.75, 3.05) is 6.54 Å². The molecule has 0 bridgehead atoms. The molecule has 1 aliphatic rings. The van der Waals surface area contributed by atoms with Crippen LogP contribution in [0.15, 0.2) is 22.9 Å². The Hall–Kier alpha value is -1.10. The zero-order valence-corrected chi connectivity index (χ0v) is 13.8. The molecule has 0 aromatic carbocycles. The highest BCUT2D eigenvalue weighted by Crippen LogP contribution is 2.32. The van der Waals surface area contributed by atoms with E-state index in [0.717, 1.165) is 36.0 Å². The normalized spacial score (nSPS) is 19.8. The van der Waals surface area contributed by atoms with Gasteiger partial charge in [-0.2, -0.15) is 0 Å². The fraction of sp³-hybridized carbons (Fsp3) is 0.600. The molecule has 2 rings (SSSR count). The average molecular weight is 341 g/mol. The first-order valence-electron chi connectivity index (χ1n) is 6.98. The summed E-state index contributed by atoms with van der Waals surface area (Å²) in [4.78, 5) is 18.4. The van der Waals surface area contributed by atoms with Crippen LogP contribution < -0.4 is 0 Å². The molecule has 0 saturated carbocycles. The van der Waals surface area contributed by atoms with Crippen molar-refractivity contribution in [2.45, 2.75) is 51.7 Å². The van der Waals surface area contributed by atoms with Crippen LogP contribution in [0.4, 0.5) is 4.79 Å². The molecule has 1 saturated heterocycles. The third-order valence-electron chi connectivity index (χ3n) is 3.27. The predicted octanol–water partition coefficient (Wildman–Crippen LogP) is 4.31. The smallest absolute Gasteiger partial charge is 0.410 e. The molecular formula is C15H21BrN2O2. The van der Waals surface area contributed by atoms with Crippen molar-refractivity contribution in [3.8, 4) is 0 Å². The molecule has 5 heteroatoms. The molecule has 1 aromatic heterocycles. The maximum Gasteiger partial charge on any atom is 0.410 e. The SMILES string of the molecule is CC(C)(C)OC(=O)N1CCCCC1c1ccc(Br)nc1. The Morgan fingerprint density at radius 1 is 1.40 bits per heavy atom. The number of aromatic nitrogens is 1. The number of halogens is 1. The third-order valence-corrected chi connectivity index (χ3v) is 3.73. The Labute approximate surface area is 128 Å². The van der Waals surface area contributed by atoms with Crippen molar-refractivity contribution < 1.29 is 9.53 Å². The summed E-state index contributed by atoms with van der Waals surface area (Å²) in [6.07, 6.45) is 4.71. The van der Waals surface area contributed by atoms with Gasteiger partial charge in [-0.3, -0.25) is 0 Å². The van der Waals surface area contributed by atoms with E-state index in [-0.39, 0.29) is 12.1 Å². The molecule has 1 atom stereocenters. The highest BCUT2D eigenvalue weighted by atomic mass is 79.9. The van der Waals surface area contributed by atoms with E-state index in [4.69, 9.17) is 4.74 Å². The van der Waals surface area contributed by atoms with E-state index in [9.17, 15) is 4.79 Å². The summed E-state index contributed by atoms with van der Waals surface area (Å²) in [5.41, 5.74) is 0.607. The van der Waals surface area contributed by atoms with Gasteiger partial charge in [0.1, 0.15) is 10.2 Å². The number of hydrogen-bond donors (Lipinski definition) is 0. The summed E-state index contributed by atoms with van der Waals surface area (Å²) < 4.78 is 6.32. The zero-order valence-electron chi connectivity index (χ0n) is 12.2. The van der Waals surface area contributed by atoms with Crippen LogP contribution in [0.25, 0.3) is 0 Å². The molecular weight excluding hydrogens is 320 g/mol. The van der Waals surface area contributed by atoms with Crippen LogP contribution in [0.5, 0.6) is 0 Å². The first-order chi connectivity index (χ1) is 9.37. The van der Waals surface area contributed by atoms with Gasteiger partial charge in [-0.05, 0) is 67.6 Å². The number of nitrogens with zero attached hydrogens (tertiary/aromatic N) is 2. The highest BCUT2D eigenvalue weighted by Gasteiger charge is 2.31. The molecule has 0 aliphatic carbocycles. The number of carbonyl (C=O) groups is 1. The van der Waals surface area contributed by atoms with Crippen molar-refractivity contribution in [1.82, 2.24) is 9.88 Å². The van der Waals surface area contributed by atoms with E-state index in [1.807, 2.05) is 44.0 Å². The monoisotopic (exact) mass is 340 g/mol. The fourth-order valence-electron chi connectivity index (χ4n) is 2.40. The second-order valence-corrected chi connectivity index (χ2v) is 6.91. The van der Waals surface area contributed by atoms with Crippen molar-refractivity contribution in [2.24, 2.45) is 0 Å². The summed E-state index contributed by atoms with van der Waals surface area (Å²) in [5.74, 6) is 0. The quantitative estimate of drug-likeness (QED) is 0.715. The van der Waals surface area contributed by atoms with Crippen LogP contribution in [0, 0.1) is 0 Å². The minimum atomic E-state index is -0.461. The topological polar surface area (TPSA) is 42.4 Å². The molecule has 1 unspecified atom stereocenters. The van der Waals surface area contributed by atoms with Crippen LogP contribution in [-0.4, -0.2) is 28.1 Å². The van der Waals surface area contributed by atoms with Crippen LogP contribution >= 0.6 is 15.9 Å².